The Morgan fingerprint density at radius 3 is 2.50 bits per heavy atom. The van der Waals surface area contributed by atoms with Crippen LogP contribution in [-0.2, 0) is 4.79 Å². The summed E-state index contributed by atoms with van der Waals surface area (Å²) in [4.78, 5) is 29.4. The van der Waals surface area contributed by atoms with Crippen molar-refractivity contribution in [3.63, 3.8) is 0 Å². The molecule has 0 aliphatic carbocycles. The molecule has 1 aromatic carbocycles. The summed E-state index contributed by atoms with van der Waals surface area (Å²) in [7, 11) is 2.19. The second kappa shape index (κ2) is 9.28. The molecule has 26 heavy (non-hydrogen) atoms. The molecule has 5 nitrogen and oxygen atoms in total. The number of piperidine rings is 2. The summed E-state index contributed by atoms with van der Waals surface area (Å²) in [6, 6.07) is 10.1. The molecule has 0 aromatic heterocycles. The van der Waals surface area contributed by atoms with Gasteiger partial charge in [0.2, 0.25) is 5.91 Å². The van der Waals surface area contributed by atoms with Crippen molar-refractivity contribution in [1.82, 2.24) is 15.1 Å². The molecule has 2 aliphatic rings. The fourth-order valence-corrected chi connectivity index (χ4v) is 4.11. The highest BCUT2D eigenvalue weighted by Gasteiger charge is 2.28. The molecule has 0 radical (unpaired) electrons. The van der Waals surface area contributed by atoms with Crippen LogP contribution >= 0.6 is 0 Å². The fourth-order valence-electron chi connectivity index (χ4n) is 4.11. The summed E-state index contributed by atoms with van der Waals surface area (Å²) < 4.78 is 0. The lowest BCUT2D eigenvalue weighted by atomic mass is 9.98. The Kier molecular flexibility index (Phi) is 6.80. The highest BCUT2D eigenvalue weighted by atomic mass is 16.2. The van der Waals surface area contributed by atoms with E-state index in [1.165, 1.54) is 25.9 Å². The Balaban J connectivity index is 1.41. The first-order valence-corrected chi connectivity index (χ1v) is 9.92. The summed E-state index contributed by atoms with van der Waals surface area (Å²) in [5.74, 6) is 0.0434. The van der Waals surface area contributed by atoms with Crippen molar-refractivity contribution >= 4 is 11.7 Å². The van der Waals surface area contributed by atoms with Gasteiger partial charge in [0.25, 0.3) is 0 Å². The molecule has 1 unspecified atom stereocenters. The maximum Gasteiger partial charge on any atom is 0.220 e. The normalized spacial score (nSPS) is 22.9. The second-order valence-electron chi connectivity index (χ2n) is 7.73. The average molecular weight is 357 g/mol. The van der Waals surface area contributed by atoms with Gasteiger partial charge >= 0.3 is 0 Å². The van der Waals surface area contributed by atoms with Crippen molar-refractivity contribution in [1.29, 1.82) is 0 Å². The molecule has 1 atom stereocenters. The first-order valence-electron chi connectivity index (χ1n) is 9.92. The van der Waals surface area contributed by atoms with E-state index in [1.807, 2.05) is 18.2 Å². The van der Waals surface area contributed by atoms with E-state index in [2.05, 4.69) is 22.2 Å². The number of hydrogen-bond donors (Lipinski definition) is 1. The van der Waals surface area contributed by atoms with Crippen molar-refractivity contribution in [3.05, 3.63) is 35.9 Å². The number of likely N-dealkylation sites (tertiary alicyclic amines) is 2. The lowest BCUT2D eigenvalue weighted by Crippen LogP contribution is -2.53. The molecule has 1 N–H and O–H groups in total. The number of carbonyl (C=O) groups is 2. The maximum atomic E-state index is 12.3. The fraction of sp³-hybridized carbons (Fsp3) is 0.619. The molecule has 2 heterocycles. The highest BCUT2D eigenvalue weighted by Crippen LogP contribution is 2.20. The third kappa shape index (κ3) is 5.39. The van der Waals surface area contributed by atoms with E-state index >= 15 is 0 Å². The molecule has 1 aromatic rings. The molecule has 0 spiro atoms. The lowest BCUT2D eigenvalue weighted by molar-refractivity contribution is -0.122. The Bertz CT molecular complexity index is 597. The zero-order chi connectivity index (χ0) is 18.4. The average Bonchev–Trinajstić information content (AvgIpc) is 2.67. The number of carbonyl (C=O) groups excluding carboxylic acids is 2. The topological polar surface area (TPSA) is 52.6 Å². The molecular formula is C21H31N3O2. The van der Waals surface area contributed by atoms with Crippen LogP contribution in [0.4, 0.5) is 0 Å². The quantitative estimate of drug-likeness (QED) is 0.794. The lowest BCUT2D eigenvalue weighted by Gasteiger charge is -2.41. The number of benzene rings is 1. The summed E-state index contributed by atoms with van der Waals surface area (Å²) in [5.41, 5.74) is 0.686. The summed E-state index contributed by atoms with van der Waals surface area (Å²) in [5, 5.41) is 3.16. The molecule has 1 amide bonds. The molecule has 2 aliphatic heterocycles. The number of ketones is 1. The van der Waals surface area contributed by atoms with Gasteiger partial charge in [0.1, 0.15) is 0 Å². The minimum Gasteiger partial charge on any atom is -0.352 e. The minimum absolute atomic E-state index is 0.00417. The van der Waals surface area contributed by atoms with E-state index in [9.17, 15) is 9.59 Å². The van der Waals surface area contributed by atoms with E-state index in [0.29, 0.717) is 11.6 Å². The Morgan fingerprint density at radius 2 is 1.77 bits per heavy atom. The number of rotatable bonds is 6. The standard InChI is InChI=1S/C21H31N3O2/c1-23-14-11-19(12-15-23)24-13-5-8-18(16-24)22-21(26)10-9-20(25)17-6-3-2-4-7-17/h2-4,6-7,18-19H,5,8-16H2,1H3,(H,22,26). The van der Waals surface area contributed by atoms with Crippen LogP contribution < -0.4 is 5.32 Å². The van der Waals surface area contributed by atoms with Crippen molar-refractivity contribution in [3.8, 4) is 0 Å². The third-order valence-corrected chi connectivity index (χ3v) is 5.70. The molecule has 0 bridgehead atoms. The van der Waals surface area contributed by atoms with Crippen molar-refractivity contribution in [2.45, 2.75) is 50.6 Å². The number of nitrogens with zero attached hydrogens (tertiary/aromatic N) is 2. The highest BCUT2D eigenvalue weighted by molar-refractivity contribution is 5.97. The van der Waals surface area contributed by atoms with Gasteiger partial charge in [-0.1, -0.05) is 30.3 Å². The van der Waals surface area contributed by atoms with Gasteiger partial charge in [0.05, 0.1) is 0 Å². The Morgan fingerprint density at radius 1 is 1.04 bits per heavy atom. The van der Waals surface area contributed by atoms with Crippen LogP contribution in [0.5, 0.6) is 0 Å². The summed E-state index contributed by atoms with van der Waals surface area (Å²) in [6.07, 6.45) is 5.19. The van der Waals surface area contributed by atoms with E-state index in [-0.39, 0.29) is 30.6 Å². The number of nitrogens with one attached hydrogen (secondary N) is 1. The summed E-state index contributed by atoms with van der Waals surface area (Å²) in [6.45, 7) is 4.43. The van der Waals surface area contributed by atoms with Gasteiger partial charge in [0, 0.05) is 37.0 Å². The molecule has 2 saturated heterocycles. The Labute approximate surface area is 156 Å². The van der Waals surface area contributed by atoms with Crippen LogP contribution in [0, 0.1) is 0 Å². The van der Waals surface area contributed by atoms with Crippen LogP contribution in [0.25, 0.3) is 0 Å². The smallest absolute Gasteiger partial charge is 0.220 e. The van der Waals surface area contributed by atoms with Crippen LogP contribution in [0.1, 0.15) is 48.9 Å². The van der Waals surface area contributed by atoms with Gasteiger partial charge in [-0.15, -0.1) is 0 Å². The van der Waals surface area contributed by atoms with Crippen LogP contribution in [0.3, 0.4) is 0 Å². The molecule has 142 valence electrons. The number of hydrogen-bond acceptors (Lipinski definition) is 4. The largest absolute Gasteiger partial charge is 0.352 e. The van der Waals surface area contributed by atoms with Gasteiger partial charge in [-0.25, -0.2) is 0 Å². The van der Waals surface area contributed by atoms with E-state index in [0.717, 1.165) is 25.9 Å². The first kappa shape index (κ1) is 19.1. The molecule has 3 rings (SSSR count). The van der Waals surface area contributed by atoms with Gasteiger partial charge in [-0.3, -0.25) is 14.5 Å². The Hall–Kier alpha value is -1.72. The van der Waals surface area contributed by atoms with Gasteiger partial charge < -0.3 is 10.2 Å². The van der Waals surface area contributed by atoms with Gasteiger partial charge in [-0.2, -0.15) is 0 Å². The molecule has 0 saturated carbocycles. The summed E-state index contributed by atoms with van der Waals surface area (Å²) >= 11 is 0. The van der Waals surface area contributed by atoms with E-state index in [4.69, 9.17) is 0 Å². The first-order chi connectivity index (χ1) is 12.6. The van der Waals surface area contributed by atoms with Crippen molar-refractivity contribution in [2.75, 3.05) is 33.2 Å². The van der Waals surface area contributed by atoms with Crippen LogP contribution in [-0.4, -0.2) is 66.8 Å². The zero-order valence-electron chi connectivity index (χ0n) is 15.8. The van der Waals surface area contributed by atoms with E-state index < -0.39 is 0 Å². The monoisotopic (exact) mass is 357 g/mol. The SMILES string of the molecule is CN1CCC(N2CCCC(NC(=O)CCC(=O)c3ccccc3)C2)CC1. The van der Waals surface area contributed by atoms with Gasteiger partial charge in [0.15, 0.2) is 5.78 Å². The number of Topliss-reactive ketones (excluding diaryl/α,β-unsaturated/α-hetero) is 1. The van der Waals surface area contributed by atoms with Gasteiger partial charge in [-0.05, 0) is 52.4 Å². The van der Waals surface area contributed by atoms with E-state index in [1.54, 1.807) is 12.1 Å². The van der Waals surface area contributed by atoms with Crippen LogP contribution in [0.2, 0.25) is 0 Å². The maximum absolute atomic E-state index is 12.3. The van der Waals surface area contributed by atoms with Crippen LogP contribution in [0.15, 0.2) is 30.3 Å². The number of amides is 1. The predicted octanol–water partition coefficient (Wildman–Crippen LogP) is 2.32. The van der Waals surface area contributed by atoms with Crippen molar-refractivity contribution in [2.24, 2.45) is 0 Å². The second-order valence-corrected chi connectivity index (χ2v) is 7.73. The third-order valence-electron chi connectivity index (χ3n) is 5.70. The zero-order valence-corrected chi connectivity index (χ0v) is 15.8. The minimum atomic E-state index is 0.00417. The van der Waals surface area contributed by atoms with Crippen molar-refractivity contribution < 1.29 is 9.59 Å². The molecule has 5 heteroatoms. The molecule has 2 fully saturated rings. The predicted molar refractivity (Wildman–Crippen MR) is 103 cm³/mol. The molecular weight excluding hydrogens is 326 g/mol.